The highest BCUT2D eigenvalue weighted by molar-refractivity contribution is 5.84. The van der Waals surface area contributed by atoms with Gasteiger partial charge in [0.2, 0.25) is 11.8 Å². The van der Waals surface area contributed by atoms with Crippen LogP contribution >= 0.6 is 0 Å². The van der Waals surface area contributed by atoms with E-state index >= 15 is 0 Å². The lowest BCUT2D eigenvalue weighted by Crippen LogP contribution is -2.46. The molecule has 0 bridgehead atoms. The summed E-state index contributed by atoms with van der Waals surface area (Å²) in [5, 5.41) is 8.87. The van der Waals surface area contributed by atoms with E-state index in [9.17, 15) is 9.59 Å². The van der Waals surface area contributed by atoms with Gasteiger partial charge in [-0.05, 0) is 25.8 Å². The Morgan fingerprint density at radius 3 is 2.56 bits per heavy atom. The second-order valence-corrected chi connectivity index (χ2v) is 5.20. The summed E-state index contributed by atoms with van der Waals surface area (Å²) >= 11 is 0. The molecule has 0 radical (unpaired) electrons. The first-order chi connectivity index (χ1) is 8.53. The second kappa shape index (κ2) is 6.73. The van der Waals surface area contributed by atoms with Crippen molar-refractivity contribution >= 4 is 11.8 Å². The molecule has 1 fully saturated rings. The Balaban J connectivity index is 2.41. The number of rotatable bonds is 6. The molecule has 3 N–H and O–H groups in total. The van der Waals surface area contributed by atoms with Crippen LogP contribution in [0.25, 0.3) is 0 Å². The molecule has 0 saturated carbocycles. The number of amides is 2. The molecule has 5 nitrogen and oxygen atoms in total. The predicted octanol–water partition coefficient (Wildman–Crippen LogP) is 0.265. The van der Waals surface area contributed by atoms with Gasteiger partial charge in [-0.25, -0.2) is 0 Å². The Kier molecular flexibility index (Phi) is 5.59. The van der Waals surface area contributed by atoms with Gasteiger partial charge in [-0.15, -0.1) is 0 Å². The molecule has 1 rings (SSSR count). The third-order valence-electron chi connectivity index (χ3n) is 3.76. The van der Waals surface area contributed by atoms with E-state index in [0.717, 1.165) is 19.5 Å². The van der Waals surface area contributed by atoms with Crippen molar-refractivity contribution in [1.82, 2.24) is 16.0 Å². The predicted molar refractivity (Wildman–Crippen MR) is 71.1 cm³/mol. The van der Waals surface area contributed by atoms with Gasteiger partial charge in [0.15, 0.2) is 0 Å². The molecule has 0 aromatic carbocycles. The fraction of sp³-hybridized carbons (Fsp3) is 0.846. The first-order valence-electron chi connectivity index (χ1n) is 6.78. The van der Waals surface area contributed by atoms with Crippen LogP contribution < -0.4 is 16.0 Å². The van der Waals surface area contributed by atoms with E-state index in [4.69, 9.17) is 0 Å². The van der Waals surface area contributed by atoms with Gasteiger partial charge in [-0.1, -0.05) is 13.8 Å². The minimum atomic E-state index is -0.304. The average Bonchev–Trinajstić information content (AvgIpc) is 2.79. The fourth-order valence-electron chi connectivity index (χ4n) is 2.41. The molecular formula is C13H25N3O2. The third kappa shape index (κ3) is 3.45. The van der Waals surface area contributed by atoms with Crippen molar-refractivity contribution in [1.29, 1.82) is 0 Å². The molecular weight excluding hydrogens is 230 g/mol. The average molecular weight is 255 g/mol. The highest BCUT2D eigenvalue weighted by atomic mass is 16.2. The van der Waals surface area contributed by atoms with Gasteiger partial charge >= 0.3 is 0 Å². The van der Waals surface area contributed by atoms with Gasteiger partial charge < -0.3 is 16.0 Å². The van der Waals surface area contributed by atoms with E-state index < -0.39 is 0 Å². The largest absolute Gasteiger partial charge is 0.356 e. The topological polar surface area (TPSA) is 70.2 Å². The molecule has 0 aromatic rings. The summed E-state index contributed by atoms with van der Waals surface area (Å²) < 4.78 is 0. The van der Waals surface area contributed by atoms with Crippen LogP contribution in [0.4, 0.5) is 0 Å². The molecule has 0 aliphatic carbocycles. The van der Waals surface area contributed by atoms with E-state index in [0.29, 0.717) is 25.4 Å². The van der Waals surface area contributed by atoms with Gasteiger partial charge in [-0.3, -0.25) is 9.59 Å². The normalized spacial score (nSPS) is 23.1. The van der Waals surface area contributed by atoms with Crippen LogP contribution in [-0.2, 0) is 9.59 Å². The van der Waals surface area contributed by atoms with Crippen molar-refractivity contribution in [3.8, 4) is 0 Å². The summed E-state index contributed by atoms with van der Waals surface area (Å²) in [6, 6.07) is 0. The monoisotopic (exact) mass is 255 g/mol. The summed E-state index contributed by atoms with van der Waals surface area (Å²) in [4.78, 5) is 23.6. The van der Waals surface area contributed by atoms with E-state index in [1.54, 1.807) is 0 Å². The van der Waals surface area contributed by atoms with Crippen LogP contribution in [0, 0.1) is 11.3 Å². The number of hydrogen-bond acceptors (Lipinski definition) is 3. The fourth-order valence-corrected chi connectivity index (χ4v) is 2.41. The maximum Gasteiger partial charge on any atom is 0.227 e. The molecule has 0 spiro atoms. The highest BCUT2D eigenvalue weighted by Gasteiger charge is 2.43. The Morgan fingerprint density at radius 1 is 1.33 bits per heavy atom. The van der Waals surface area contributed by atoms with Crippen molar-refractivity contribution < 1.29 is 9.59 Å². The third-order valence-corrected chi connectivity index (χ3v) is 3.76. The maximum absolute atomic E-state index is 12.3. The summed E-state index contributed by atoms with van der Waals surface area (Å²) in [6.45, 7) is 8.71. The van der Waals surface area contributed by atoms with Crippen LogP contribution in [-0.4, -0.2) is 38.0 Å². The quantitative estimate of drug-likeness (QED) is 0.638. The van der Waals surface area contributed by atoms with E-state index in [-0.39, 0.29) is 17.2 Å². The first-order valence-corrected chi connectivity index (χ1v) is 6.78. The van der Waals surface area contributed by atoms with Crippen molar-refractivity contribution in [3.63, 3.8) is 0 Å². The molecule has 5 heteroatoms. The molecule has 18 heavy (non-hydrogen) atoms. The lowest BCUT2D eigenvalue weighted by Gasteiger charge is -2.31. The Morgan fingerprint density at radius 2 is 2.06 bits per heavy atom. The highest BCUT2D eigenvalue weighted by Crippen LogP contribution is 2.34. The van der Waals surface area contributed by atoms with Gasteiger partial charge in [0.25, 0.3) is 0 Å². The van der Waals surface area contributed by atoms with Crippen LogP contribution in [0.5, 0.6) is 0 Å². The van der Waals surface area contributed by atoms with Gasteiger partial charge in [0.05, 0.1) is 5.41 Å². The summed E-state index contributed by atoms with van der Waals surface area (Å²) in [5.41, 5.74) is -0.304. The Bertz CT molecular complexity index is 297. The van der Waals surface area contributed by atoms with Crippen molar-refractivity contribution in [2.24, 2.45) is 11.3 Å². The maximum atomic E-state index is 12.3. The first kappa shape index (κ1) is 15.0. The molecule has 0 aromatic heterocycles. The van der Waals surface area contributed by atoms with E-state index in [1.165, 1.54) is 0 Å². The van der Waals surface area contributed by atoms with Crippen LogP contribution in [0.1, 0.15) is 33.6 Å². The van der Waals surface area contributed by atoms with Crippen molar-refractivity contribution in [3.05, 3.63) is 0 Å². The molecule has 1 heterocycles. The minimum Gasteiger partial charge on any atom is -0.356 e. The number of nitrogens with one attached hydrogen (secondary N) is 3. The number of carbonyl (C=O) groups is 2. The Hall–Kier alpha value is -1.10. The summed E-state index contributed by atoms with van der Waals surface area (Å²) in [7, 11) is 0. The van der Waals surface area contributed by atoms with Crippen LogP contribution in [0.2, 0.25) is 0 Å². The summed E-state index contributed by atoms with van der Waals surface area (Å²) in [6.07, 6.45) is 1.22. The zero-order valence-electron chi connectivity index (χ0n) is 11.6. The zero-order chi connectivity index (χ0) is 13.6. The van der Waals surface area contributed by atoms with Crippen molar-refractivity contribution in [2.75, 3.05) is 26.2 Å². The smallest absolute Gasteiger partial charge is 0.227 e. The van der Waals surface area contributed by atoms with Gasteiger partial charge in [-0.2, -0.15) is 0 Å². The molecule has 104 valence electrons. The Labute approximate surface area is 109 Å². The van der Waals surface area contributed by atoms with Crippen LogP contribution in [0.15, 0.2) is 0 Å². The number of carbonyl (C=O) groups excluding carboxylic acids is 2. The zero-order valence-corrected chi connectivity index (χ0v) is 11.6. The molecule has 1 saturated heterocycles. The van der Waals surface area contributed by atoms with E-state index in [2.05, 4.69) is 29.8 Å². The minimum absolute atomic E-state index is 0.0130. The van der Waals surface area contributed by atoms with Crippen molar-refractivity contribution in [2.45, 2.75) is 33.6 Å². The molecule has 1 unspecified atom stereocenters. The molecule has 1 aliphatic rings. The molecule has 1 aliphatic heterocycles. The van der Waals surface area contributed by atoms with Gasteiger partial charge in [0.1, 0.15) is 0 Å². The lowest BCUT2D eigenvalue weighted by atomic mass is 9.75. The standard InChI is InChI=1S/C13H25N3O2/c1-4-15-11(17)5-7-16-12(18)13(10(2)3)6-8-14-9-13/h10,14H,4-9H2,1-3H3,(H,15,17)(H,16,18). The lowest BCUT2D eigenvalue weighted by molar-refractivity contribution is -0.132. The molecule has 2 amide bonds. The second-order valence-electron chi connectivity index (χ2n) is 5.20. The SMILES string of the molecule is CCNC(=O)CCNC(=O)C1(C(C)C)CCNC1. The van der Waals surface area contributed by atoms with Crippen LogP contribution in [0.3, 0.4) is 0 Å². The van der Waals surface area contributed by atoms with Gasteiger partial charge in [0, 0.05) is 26.1 Å². The molecule has 1 atom stereocenters. The number of hydrogen-bond donors (Lipinski definition) is 3. The summed E-state index contributed by atoms with van der Waals surface area (Å²) in [5.74, 6) is 0.365. The van der Waals surface area contributed by atoms with E-state index in [1.807, 2.05) is 6.92 Å².